The number of rotatable bonds is 8. The lowest BCUT2D eigenvalue weighted by atomic mass is 9.98. The van der Waals surface area contributed by atoms with Crippen molar-refractivity contribution in [2.75, 3.05) is 13.7 Å². The van der Waals surface area contributed by atoms with E-state index in [2.05, 4.69) is 20.8 Å². The molecule has 0 fully saturated rings. The first kappa shape index (κ1) is 16.9. The normalized spacial score (nSPS) is 13.3. The summed E-state index contributed by atoms with van der Waals surface area (Å²) in [6.07, 6.45) is 3.12. The number of carbonyl (C=O) groups excluding carboxylic acids is 1. The lowest BCUT2D eigenvalue weighted by molar-refractivity contribution is -0.126. The van der Waals surface area contributed by atoms with E-state index in [1.807, 2.05) is 38.1 Å². The highest BCUT2D eigenvalue weighted by molar-refractivity contribution is 5.80. The molecule has 2 unspecified atom stereocenters. The molecule has 2 aromatic rings. The molecule has 2 rings (SSSR count). The van der Waals surface area contributed by atoms with Crippen LogP contribution in [0.1, 0.15) is 31.9 Å². The molecule has 0 aliphatic carbocycles. The molecule has 0 aliphatic heterocycles. The molecule has 0 radical (unpaired) electrons. The average molecular weight is 317 g/mol. The first-order valence-corrected chi connectivity index (χ1v) is 7.78. The standard InChI is InChI=1S/C16H23N5O2/c1-4-12(2)15(21-11-18-19-20-21)16(22)17-10-9-13-5-7-14(23-3)8-6-13/h5-8,11-12,15H,4,9-10H2,1-3H3,(H,17,22). The minimum absolute atomic E-state index is 0.0554. The van der Waals surface area contributed by atoms with E-state index >= 15 is 0 Å². The summed E-state index contributed by atoms with van der Waals surface area (Å²) in [6, 6.07) is 7.45. The number of hydrogen-bond donors (Lipinski definition) is 1. The van der Waals surface area contributed by atoms with Crippen molar-refractivity contribution in [2.45, 2.75) is 32.7 Å². The summed E-state index contributed by atoms with van der Waals surface area (Å²) in [4.78, 5) is 12.5. The Balaban J connectivity index is 1.91. The molecule has 7 nitrogen and oxygen atoms in total. The number of benzene rings is 1. The van der Waals surface area contributed by atoms with Gasteiger partial charge in [0.2, 0.25) is 5.91 Å². The second-order valence-electron chi connectivity index (χ2n) is 5.51. The van der Waals surface area contributed by atoms with E-state index in [1.165, 1.54) is 11.0 Å². The van der Waals surface area contributed by atoms with E-state index in [4.69, 9.17) is 4.74 Å². The zero-order valence-corrected chi connectivity index (χ0v) is 13.8. The quantitative estimate of drug-likeness (QED) is 0.800. The molecule has 0 aliphatic rings. The highest BCUT2D eigenvalue weighted by atomic mass is 16.5. The van der Waals surface area contributed by atoms with Gasteiger partial charge in [0.25, 0.3) is 0 Å². The number of aromatic nitrogens is 4. The van der Waals surface area contributed by atoms with Crippen LogP contribution in [0.15, 0.2) is 30.6 Å². The molecule has 0 saturated heterocycles. The molecule has 0 saturated carbocycles. The van der Waals surface area contributed by atoms with Gasteiger partial charge < -0.3 is 10.1 Å². The Labute approximate surface area is 136 Å². The van der Waals surface area contributed by atoms with Gasteiger partial charge in [-0.15, -0.1) is 5.10 Å². The summed E-state index contributed by atoms with van der Waals surface area (Å²) in [7, 11) is 1.64. The van der Waals surface area contributed by atoms with Gasteiger partial charge in [0, 0.05) is 6.54 Å². The molecule has 1 heterocycles. The summed E-state index contributed by atoms with van der Waals surface area (Å²) < 4.78 is 6.66. The summed E-state index contributed by atoms with van der Waals surface area (Å²) in [5.74, 6) is 0.924. The van der Waals surface area contributed by atoms with E-state index in [0.29, 0.717) is 6.54 Å². The monoisotopic (exact) mass is 317 g/mol. The Hall–Kier alpha value is -2.44. The van der Waals surface area contributed by atoms with Crippen LogP contribution in [0, 0.1) is 5.92 Å². The molecule has 23 heavy (non-hydrogen) atoms. The number of tetrazole rings is 1. The maximum Gasteiger partial charge on any atom is 0.245 e. The van der Waals surface area contributed by atoms with E-state index in [-0.39, 0.29) is 17.9 Å². The third-order valence-electron chi connectivity index (χ3n) is 3.97. The predicted octanol–water partition coefficient (Wildman–Crippen LogP) is 1.63. The van der Waals surface area contributed by atoms with Crippen LogP contribution in [0.4, 0.5) is 0 Å². The van der Waals surface area contributed by atoms with Gasteiger partial charge in [0.05, 0.1) is 7.11 Å². The third kappa shape index (κ3) is 4.51. The summed E-state index contributed by atoms with van der Waals surface area (Å²) in [5.41, 5.74) is 1.15. The van der Waals surface area contributed by atoms with Crippen LogP contribution in [-0.4, -0.2) is 39.8 Å². The lowest BCUT2D eigenvalue weighted by Gasteiger charge is -2.21. The van der Waals surface area contributed by atoms with Gasteiger partial charge in [-0.3, -0.25) is 4.79 Å². The number of nitrogens with one attached hydrogen (secondary N) is 1. The molecule has 1 aromatic carbocycles. The first-order chi connectivity index (χ1) is 11.2. The topological polar surface area (TPSA) is 81.9 Å². The molecule has 0 bridgehead atoms. The molecule has 124 valence electrons. The van der Waals surface area contributed by atoms with Gasteiger partial charge in [0.15, 0.2) is 0 Å². The number of ether oxygens (including phenoxy) is 1. The van der Waals surface area contributed by atoms with Crippen LogP contribution in [-0.2, 0) is 11.2 Å². The minimum Gasteiger partial charge on any atom is -0.497 e. The van der Waals surface area contributed by atoms with Gasteiger partial charge in [-0.25, -0.2) is 4.68 Å². The third-order valence-corrected chi connectivity index (χ3v) is 3.97. The highest BCUT2D eigenvalue weighted by Gasteiger charge is 2.26. The zero-order valence-electron chi connectivity index (χ0n) is 13.8. The van der Waals surface area contributed by atoms with Gasteiger partial charge in [-0.05, 0) is 40.5 Å². The van der Waals surface area contributed by atoms with E-state index in [0.717, 1.165) is 24.2 Å². The molecule has 7 heteroatoms. The second kappa shape index (κ2) is 8.26. The van der Waals surface area contributed by atoms with Gasteiger partial charge in [-0.2, -0.15) is 0 Å². The van der Waals surface area contributed by atoms with Crippen LogP contribution in [0.2, 0.25) is 0 Å². The van der Waals surface area contributed by atoms with Crippen molar-refractivity contribution < 1.29 is 9.53 Å². The van der Waals surface area contributed by atoms with E-state index < -0.39 is 0 Å². The van der Waals surface area contributed by atoms with Crippen LogP contribution < -0.4 is 10.1 Å². The maximum atomic E-state index is 12.5. The summed E-state index contributed by atoms with van der Waals surface area (Å²) in [6.45, 7) is 4.64. The first-order valence-electron chi connectivity index (χ1n) is 7.78. The fourth-order valence-electron chi connectivity index (χ4n) is 2.39. The SMILES string of the molecule is CCC(C)C(C(=O)NCCc1ccc(OC)cc1)n1cnnn1. The fourth-order valence-corrected chi connectivity index (χ4v) is 2.39. The highest BCUT2D eigenvalue weighted by Crippen LogP contribution is 2.19. The smallest absolute Gasteiger partial charge is 0.245 e. The van der Waals surface area contributed by atoms with Gasteiger partial charge in [0.1, 0.15) is 18.1 Å². The minimum atomic E-state index is -0.383. The van der Waals surface area contributed by atoms with Crippen LogP contribution in [0.25, 0.3) is 0 Å². The van der Waals surface area contributed by atoms with E-state index in [9.17, 15) is 4.79 Å². The Kier molecular flexibility index (Phi) is 6.08. The molecule has 2 atom stereocenters. The number of nitrogens with zero attached hydrogens (tertiary/aromatic N) is 4. The lowest BCUT2D eigenvalue weighted by Crippen LogP contribution is -2.37. The molecule has 1 N–H and O–H groups in total. The van der Waals surface area contributed by atoms with Gasteiger partial charge >= 0.3 is 0 Å². The fraction of sp³-hybridized carbons (Fsp3) is 0.500. The van der Waals surface area contributed by atoms with Crippen LogP contribution >= 0.6 is 0 Å². The van der Waals surface area contributed by atoms with Crippen LogP contribution in [0.3, 0.4) is 0 Å². The summed E-state index contributed by atoms with van der Waals surface area (Å²) in [5, 5.41) is 14.1. The molecular formula is C16H23N5O2. The molecule has 1 aromatic heterocycles. The Morgan fingerprint density at radius 2 is 2.09 bits per heavy atom. The van der Waals surface area contributed by atoms with Crippen molar-refractivity contribution in [3.8, 4) is 5.75 Å². The zero-order chi connectivity index (χ0) is 16.7. The van der Waals surface area contributed by atoms with Crippen molar-refractivity contribution in [1.82, 2.24) is 25.5 Å². The Morgan fingerprint density at radius 1 is 1.35 bits per heavy atom. The number of amides is 1. The number of hydrogen-bond acceptors (Lipinski definition) is 5. The van der Waals surface area contributed by atoms with Crippen molar-refractivity contribution in [3.63, 3.8) is 0 Å². The average Bonchev–Trinajstić information content (AvgIpc) is 3.09. The maximum absolute atomic E-state index is 12.5. The van der Waals surface area contributed by atoms with Gasteiger partial charge in [-0.1, -0.05) is 32.4 Å². The molecular weight excluding hydrogens is 294 g/mol. The van der Waals surface area contributed by atoms with Crippen molar-refractivity contribution in [1.29, 1.82) is 0 Å². The van der Waals surface area contributed by atoms with E-state index in [1.54, 1.807) is 7.11 Å². The van der Waals surface area contributed by atoms with Crippen LogP contribution in [0.5, 0.6) is 5.75 Å². The molecule has 1 amide bonds. The Morgan fingerprint density at radius 3 is 2.65 bits per heavy atom. The number of carbonyl (C=O) groups is 1. The van der Waals surface area contributed by atoms with Crippen molar-refractivity contribution in [2.24, 2.45) is 5.92 Å². The molecule has 0 spiro atoms. The predicted molar refractivity (Wildman–Crippen MR) is 86.0 cm³/mol. The Bertz CT molecular complexity index is 597. The van der Waals surface area contributed by atoms with Crippen molar-refractivity contribution >= 4 is 5.91 Å². The largest absolute Gasteiger partial charge is 0.497 e. The summed E-state index contributed by atoms with van der Waals surface area (Å²) >= 11 is 0. The number of methoxy groups -OCH3 is 1. The second-order valence-corrected chi connectivity index (χ2v) is 5.51. The van der Waals surface area contributed by atoms with Crippen molar-refractivity contribution in [3.05, 3.63) is 36.2 Å².